The predicted octanol–water partition coefficient (Wildman–Crippen LogP) is 2.74. The Hall–Kier alpha value is -1.90. The zero-order valence-corrected chi connectivity index (χ0v) is 17.1. The summed E-state index contributed by atoms with van der Waals surface area (Å²) in [7, 11) is 0. The largest absolute Gasteiger partial charge is 0.379 e. The van der Waals surface area contributed by atoms with Gasteiger partial charge in [-0.15, -0.1) is 10.2 Å². The van der Waals surface area contributed by atoms with Gasteiger partial charge in [-0.25, -0.2) is 0 Å². The molecular weight excluding hydrogens is 374 g/mol. The molecule has 0 atom stereocenters. The third kappa shape index (κ3) is 4.92. The molecule has 1 saturated heterocycles. The molecule has 1 aliphatic heterocycles. The van der Waals surface area contributed by atoms with Crippen molar-refractivity contribution in [2.45, 2.75) is 43.9 Å². The maximum atomic E-state index is 12.3. The van der Waals surface area contributed by atoms with E-state index in [2.05, 4.69) is 44.0 Å². The molecule has 2 heterocycles. The van der Waals surface area contributed by atoms with Gasteiger partial charge in [0.15, 0.2) is 5.16 Å². The Kier molecular flexibility index (Phi) is 6.29. The predicted molar refractivity (Wildman–Crippen MR) is 110 cm³/mol. The van der Waals surface area contributed by atoms with E-state index in [4.69, 9.17) is 4.74 Å². The molecule has 7 nitrogen and oxygen atoms in total. The van der Waals surface area contributed by atoms with Crippen molar-refractivity contribution in [3.8, 4) is 0 Å². The van der Waals surface area contributed by atoms with E-state index in [1.165, 1.54) is 30.2 Å². The standard InChI is InChI=1S/C20H27N5O2S/c1-2-25-19(16-5-6-16)22-23-20(25)28-14-18(26)21-17-7-3-15(4-8-17)13-24-9-11-27-12-10-24/h3-4,7-8,16H,2,5-6,9-14H2,1H3,(H,21,26). The third-order valence-corrected chi connectivity index (χ3v) is 6.05. The molecular formula is C20H27N5O2S. The summed E-state index contributed by atoms with van der Waals surface area (Å²) in [5.41, 5.74) is 2.07. The van der Waals surface area contributed by atoms with Gasteiger partial charge in [0.2, 0.25) is 5.91 Å². The number of hydrogen-bond acceptors (Lipinski definition) is 6. The summed E-state index contributed by atoms with van der Waals surface area (Å²) in [5, 5.41) is 12.4. The van der Waals surface area contributed by atoms with E-state index in [0.717, 1.165) is 56.1 Å². The van der Waals surface area contributed by atoms with Crippen molar-refractivity contribution in [3.05, 3.63) is 35.7 Å². The number of anilines is 1. The van der Waals surface area contributed by atoms with Gasteiger partial charge in [-0.05, 0) is 37.5 Å². The molecule has 1 amide bonds. The van der Waals surface area contributed by atoms with Crippen molar-refractivity contribution >= 4 is 23.4 Å². The number of amides is 1. The lowest BCUT2D eigenvalue weighted by Gasteiger charge is -2.26. The number of thioether (sulfide) groups is 1. The quantitative estimate of drug-likeness (QED) is 0.686. The first-order valence-electron chi connectivity index (χ1n) is 9.97. The number of nitrogens with zero attached hydrogens (tertiary/aromatic N) is 4. The Morgan fingerprint density at radius 3 is 2.64 bits per heavy atom. The van der Waals surface area contributed by atoms with Crippen LogP contribution in [-0.4, -0.2) is 57.6 Å². The fourth-order valence-electron chi connectivity index (χ4n) is 3.39. The number of ether oxygens (including phenoxy) is 1. The molecule has 150 valence electrons. The fourth-order valence-corrected chi connectivity index (χ4v) is 4.20. The lowest BCUT2D eigenvalue weighted by atomic mass is 10.2. The lowest BCUT2D eigenvalue weighted by molar-refractivity contribution is -0.113. The van der Waals surface area contributed by atoms with E-state index in [1.54, 1.807) is 0 Å². The van der Waals surface area contributed by atoms with Gasteiger partial charge in [-0.3, -0.25) is 9.69 Å². The first-order valence-corrected chi connectivity index (χ1v) is 11.0. The van der Waals surface area contributed by atoms with E-state index in [-0.39, 0.29) is 5.91 Å². The molecule has 28 heavy (non-hydrogen) atoms. The zero-order chi connectivity index (χ0) is 19.3. The molecule has 0 bridgehead atoms. The van der Waals surface area contributed by atoms with E-state index in [1.807, 2.05) is 12.1 Å². The van der Waals surface area contributed by atoms with Crippen molar-refractivity contribution in [1.82, 2.24) is 19.7 Å². The summed E-state index contributed by atoms with van der Waals surface area (Å²) in [6, 6.07) is 8.10. The van der Waals surface area contributed by atoms with Gasteiger partial charge in [0.1, 0.15) is 5.82 Å². The average molecular weight is 402 g/mol. The first-order chi connectivity index (χ1) is 13.7. The minimum atomic E-state index is -0.0236. The molecule has 1 aromatic carbocycles. The molecule has 1 aromatic heterocycles. The maximum absolute atomic E-state index is 12.3. The van der Waals surface area contributed by atoms with Gasteiger partial charge in [-0.2, -0.15) is 0 Å². The van der Waals surface area contributed by atoms with Crippen LogP contribution in [0.3, 0.4) is 0 Å². The molecule has 1 N–H and O–H groups in total. The topological polar surface area (TPSA) is 72.3 Å². The van der Waals surface area contributed by atoms with E-state index in [9.17, 15) is 4.79 Å². The second-order valence-corrected chi connectivity index (χ2v) is 8.22. The monoisotopic (exact) mass is 401 g/mol. The van der Waals surface area contributed by atoms with Crippen molar-refractivity contribution in [2.24, 2.45) is 0 Å². The highest BCUT2D eigenvalue weighted by atomic mass is 32.2. The number of carbonyl (C=O) groups is 1. The van der Waals surface area contributed by atoms with Crippen LogP contribution in [0, 0.1) is 0 Å². The Bertz CT molecular complexity index is 797. The summed E-state index contributed by atoms with van der Waals surface area (Å²) in [6.07, 6.45) is 2.40. The van der Waals surface area contributed by atoms with Crippen LogP contribution in [-0.2, 0) is 22.6 Å². The van der Waals surface area contributed by atoms with Crippen LogP contribution in [0.5, 0.6) is 0 Å². The van der Waals surface area contributed by atoms with Crippen molar-refractivity contribution in [1.29, 1.82) is 0 Å². The van der Waals surface area contributed by atoms with Gasteiger partial charge in [0, 0.05) is 37.8 Å². The first kappa shape index (κ1) is 19.4. The number of benzene rings is 1. The second kappa shape index (κ2) is 9.07. The number of hydrogen-bond donors (Lipinski definition) is 1. The molecule has 2 aromatic rings. The van der Waals surface area contributed by atoms with Crippen LogP contribution in [0.1, 0.15) is 37.1 Å². The number of morpholine rings is 1. The second-order valence-electron chi connectivity index (χ2n) is 7.28. The summed E-state index contributed by atoms with van der Waals surface area (Å²) in [5.74, 6) is 1.94. The van der Waals surface area contributed by atoms with Crippen molar-refractivity contribution in [3.63, 3.8) is 0 Å². The van der Waals surface area contributed by atoms with Crippen LogP contribution < -0.4 is 5.32 Å². The van der Waals surface area contributed by atoms with E-state index < -0.39 is 0 Å². The van der Waals surface area contributed by atoms with E-state index in [0.29, 0.717) is 11.7 Å². The summed E-state index contributed by atoms with van der Waals surface area (Å²) < 4.78 is 7.52. The Morgan fingerprint density at radius 2 is 1.96 bits per heavy atom. The highest BCUT2D eigenvalue weighted by Gasteiger charge is 2.30. The zero-order valence-electron chi connectivity index (χ0n) is 16.3. The van der Waals surface area contributed by atoms with Crippen molar-refractivity contribution < 1.29 is 9.53 Å². The van der Waals surface area contributed by atoms with Crippen LogP contribution in [0.25, 0.3) is 0 Å². The molecule has 8 heteroatoms. The van der Waals surface area contributed by atoms with Gasteiger partial charge in [0.25, 0.3) is 0 Å². The number of rotatable bonds is 8. The minimum Gasteiger partial charge on any atom is -0.379 e. The average Bonchev–Trinajstić information content (AvgIpc) is 3.48. The van der Waals surface area contributed by atoms with Gasteiger partial charge in [0.05, 0.1) is 19.0 Å². The van der Waals surface area contributed by atoms with E-state index >= 15 is 0 Å². The molecule has 0 spiro atoms. The molecule has 2 fully saturated rings. The molecule has 1 saturated carbocycles. The summed E-state index contributed by atoms with van der Waals surface area (Å²) in [4.78, 5) is 14.7. The molecule has 0 radical (unpaired) electrons. The highest BCUT2D eigenvalue weighted by molar-refractivity contribution is 7.99. The lowest BCUT2D eigenvalue weighted by Crippen LogP contribution is -2.35. The molecule has 4 rings (SSSR count). The van der Waals surface area contributed by atoms with Crippen molar-refractivity contribution in [2.75, 3.05) is 37.4 Å². The number of nitrogens with one attached hydrogen (secondary N) is 1. The van der Waals surface area contributed by atoms with Crippen LogP contribution in [0.2, 0.25) is 0 Å². The van der Waals surface area contributed by atoms with Gasteiger partial charge >= 0.3 is 0 Å². The SMILES string of the molecule is CCn1c(SCC(=O)Nc2ccc(CN3CCOCC3)cc2)nnc1C1CC1. The minimum absolute atomic E-state index is 0.0236. The Balaban J connectivity index is 1.26. The number of aromatic nitrogens is 3. The Labute approximate surface area is 169 Å². The summed E-state index contributed by atoms with van der Waals surface area (Å²) >= 11 is 1.45. The smallest absolute Gasteiger partial charge is 0.234 e. The highest BCUT2D eigenvalue weighted by Crippen LogP contribution is 2.39. The normalized spacial score (nSPS) is 17.6. The number of carbonyl (C=O) groups excluding carboxylic acids is 1. The molecule has 1 aliphatic carbocycles. The molecule has 2 aliphatic rings. The molecule has 0 unspecified atom stereocenters. The van der Waals surface area contributed by atoms with Gasteiger partial charge < -0.3 is 14.6 Å². The van der Waals surface area contributed by atoms with Crippen LogP contribution in [0.4, 0.5) is 5.69 Å². The van der Waals surface area contributed by atoms with Crippen LogP contribution >= 0.6 is 11.8 Å². The van der Waals surface area contributed by atoms with Crippen LogP contribution in [0.15, 0.2) is 29.4 Å². The fraction of sp³-hybridized carbons (Fsp3) is 0.550. The summed E-state index contributed by atoms with van der Waals surface area (Å²) in [6.45, 7) is 7.41. The Morgan fingerprint density at radius 1 is 1.21 bits per heavy atom. The van der Waals surface area contributed by atoms with Gasteiger partial charge in [-0.1, -0.05) is 23.9 Å². The third-order valence-electron chi connectivity index (χ3n) is 5.08. The maximum Gasteiger partial charge on any atom is 0.234 e.